The van der Waals surface area contributed by atoms with Gasteiger partial charge < -0.3 is 9.47 Å². The molecule has 3 aromatic rings. The van der Waals surface area contributed by atoms with Gasteiger partial charge in [-0.05, 0) is 106 Å². The molecule has 0 N–H and O–H groups in total. The van der Waals surface area contributed by atoms with E-state index in [1.807, 2.05) is 48.5 Å². The number of rotatable bonds is 12. The van der Waals surface area contributed by atoms with E-state index in [9.17, 15) is 23.6 Å². The number of esters is 2. The van der Waals surface area contributed by atoms with E-state index >= 15 is 0 Å². The molecule has 0 bridgehead atoms. The van der Waals surface area contributed by atoms with Crippen LogP contribution in [0.3, 0.4) is 0 Å². The molecule has 2 aromatic carbocycles. The first-order valence-corrected chi connectivity index (χ1v) is 13.7. The molecule has 1 aromatic heterocycles. The molecule has 1 heterocycles. The van der Waals surface area contributed by atoms with E-state index < -0.39 is 42.5 Å². The topological polar surface area (TPSA) is 96.6 Å². The van der Waals surface area contributed by atoms with Gasteiger partial charge >= 0.3 is 17.6 Å². The lowest BCUT2D eigenvalue weighted by atomic mass is 10.1. The lowest BCUT2D eigenvalue weighted by Gasteiger charge is -2.12. The highest BCUT2D eigenvalue weighted by molar-refractivity contribution is 14.1. The normalized spacial score (nSPS) is 10.8. The third-order valence-corrected chi connectivity index (χ3v) is 6.87. The van der Waals surface area contributed by atoms with Crippen LogP contribution in [0.1, 0.15) is 36.8 Å². The fourth-order valence-corrected chi connectivity index (χ4v) is 4.14. The van der Waals surface area contributed by atoms with Crippen LogP contribution in [-0.2, 0) is 45.4 Å². The molecule has 196 valence electrons. The molecule has 0 aliphatic heterocycles. The average molecular weight is 734 g/mol. The van der Waals surface area contributed by atoms with Gasteiger partial charge in [-0.1, -0.05) is 24.3 Å². The first-order chi connectivity index (χ1) is 17.7. The number of carbonyl (C=O) groups excluding carboxylic acids is 2. The number of carbonyl (C=O) groups is 2. The van der Waals surface area contributed by atoms with Crippen molar-refractivity contribution >= 4 is 57.1 Å². The van der Waals surface area contributed by atoms with Gasteiger partial charge in [-0.3, -0.25) is 19.0 Å². The van der Waals surface area contributed by atoms with E-state index in [0.29, 0.717) is 36.4 Å². The zero-order valence-electron chi connectivity index (χ0n) is 19.8. The minimum Gasteiger partial charge on any atom is -0.444 e. The van der Waals surface area contributed by atoms with Crippen LogP contribution >= 0.6 is 45.2 Å². The van der Waals surface area contributed by atoms with Gasteiger partial charge in [-0.2, -0.15) is 4.39 Å². The van der Waals surface area contributed by atoms with Crippen molar-refractivity contribution in [1.29, 1.82) is 0 Å². The minimum atomic E-state index is -1.23. The van der Waals surface area contributed by atoms with E-state index in [2.05, 4.69) is 45.2 Å². The number of hydrogen-bond acceptors (Lipinski definition) is 6. The number of halogens is 3. The summed E-state index contributed by atoms with van der Waals surface area (Å²) in [6.45, 7) is -1.30. The largest absolute Gasteiger partial charge is 0.444 e. The van der Waals surface area contributed by atoms with E-state index in [-0.39, 0.29) is 12.8 Å². The Balaban J connectivity index is 1.48. The Morgan fingerprint density at radius 2 is 1.22 bits per heavy atom. The van der Waals surface area contributed by atoms with Crippen LogP contribution in [0.5, 0.6) is 0 Å². The van der Waals surface area contributed by atoms with Crippen molar-refractivity contribution in [3.8, 4) is 0 Å². The monoisotopic (exact) mass is 734 g/mol. The molecule has 0 unspecified atom stereocenters. The number of aryl methyl sites for hydroxylation is 2. The molecule has 8 nitrogen and oxygen atoms in total. The molecule has 0 atom stereocenters. The molecule has 0 amide bonds. The summed E-state index contributed by atoms with van der Waals surface area (Å²) in [6, 6.07) is 15.8. The fourth-order valence-electron chi connectivity index (χ4n) is 3.42. The highest BCUT2D eigenvalue weighted by atomic mass is 127. The lowest BCUT2D eigenvalue weighted by molar-refractivity contribution is -0.147. The molecule has 0 radical (unpaired) electrons. The Morgan fingerprint density at radius 3 is 1.70 bits per heavy atom. The standard InChI is InChI=1S/C26H25FI2N2O6/c27-22-15-30(16-36-23(32)5-1-3-18-7-11-20(28)12-8-18)26(35)31(25(22)34)17-37-24(33)6-2-4-19-9-13-21(29)14-10-19/h7-15H,1-6,16-17H2. The van der Waals surface area contributed by atoms with Gasteiger partial charge in [0.15, 0.2) is 13.5 Å². The molecule has 3 rings (SSSR count). The van der Waals surface area contributed by atoms with Crippen LogP contribution < -0.4 is 11.2 Å². The summed E-state index contributed by atoms with van der Waals surface area (Å²) in [6.07, 6.45) is 3.26. The zero-order chi connectivity index (χ0) is 26.8. The third kappa shape index (κ3) is 9.36. The van der Waals surface area contributed by atoms with Crippen LogP contribution in [0, 0.1) is 13.0 Å². The highest BCUT2D eigenvalue weighted by Gasteiger charge is 2.14. The second-order valence-electron chi connectivity index (χ2n) is 8.21. The SMILES string of the molecule is O=C(CCCc1ccc(I)cc1)OCn1cc(F)c(=O)n(COC(=O)CCCc2ccc(I)cc2)c1=O. The summed E-state index contributed by atoms with van der Waals surface area (Å²) in [7, 11) is 0. The Morgan fingerprint density at radius 1 is 0.757 bits per heavy atom. The van der Waals surface area contributed by atoms with Crippen molar-refractivity contribution in [3.05, 3.63) is 99.7 Å². The molecular weight excluding hydrogens is 709 g/mol. The smallest absolute Gasteiger partial charge is 0.336 e. The second-order valence-corrected chi connectivity index (χ2v) is 10.7. The van der Waals surface area contributed by atoms with Crippen molar-refractivity contribution in [1.82, 2.24) is 9.13 Å². The zero-order valence-corrected chi connectivity index (χ0v) is 24.1. The van der Waals surface area contributed by atoms with Crippen LogP contribution in [0.4, 0.5) is 4.39 Å². The van der Waals surface area contributed by atoms with Crippen molar-refractivity contribution in [2.45, 2.75) is 52.0 Å². The Hall–Kier alpha value is -2.55. The van der Waals surface area contributed by atoms with Crippen LogP contribution in [0.25, 0.3) is 0 Å². The first-order valence-electron chi connectivity index (χ1n) is 11.5. The predicted octanol–water partition coefficient (Wildman–Crippen LogP) is 4.41. The van der Waals surface area contributed by atoms with Crippen molar-refractivity contribution in [2.24, 2.45) is 0 Å². The molecule has 0 spiro atoms. The molecule has 37 heavy (non-hydrogen) atoms. The molecule has 11 heteroatoms. The number of hydrogen-bond donors (Lipinski definition) is 0. The van der Waals surface area contributed by atoms with Gasteiger partial charge in [0.25, 0.3) is 5.56 Å². The molecule has 0 aliphatic rings. The number of ether oxygens (including phenoxy) is 2. The summed E-state index contributed by atoms with van der Waals surface area (Å²) >= 11 is 4.42. The van der Waals surface area contributed by atoms with E-state index in [0.717, 1.165) is 22.8 Å². The maximum Gasteiger partial charge on any atom is 0.336 e. The van der Waals surface area contributed by atoms with Crippen LogP contribution in [0.15, 0.2) is 64.3 Å². The Labute approximate surface area is 240 Å². The number of aromatic nitrogens is 2. The minimum absolute atomic E-state index is 0.0735. The van der Waals surface area contributed by atoms with Gasteiger partial charge in [0.2, 0.25) is 5.82 Å². The van der Waals surface area contributed by atoms with Gasteiger partial charge in [0.05, 0.1) is 6.20 Å². The summed E-state index contributed by atoms with van der Waals surface area (Å²) < 4.78 is 27.7. The van der Waals surface area contributed by atoms with E-state index in [1.54, 1.807) is 0 Å². The number of benzene rings is 2. The number of nitrogens with zero attached hydrogens (tertiary/aromatic N) is 2. The fraction of sp³-hybridized carbons (Fsp3) is 0.308. The second kappa shape index (κ2) is 14.4. The predicted molar refractivity (Wildman–Crippen MR) is 151 cm³/mol. The van der Waals surface area contributed by atoms with Gasteiger partial charge in [-0.25, -0.2) is 9.36 Å². The molecule has 0 saturated carbocycles. The summed E-state index contributed by atoms with van der Waals surface area (Å²) in [5, 5.41) is 0. The quantitative estimate of drug-likeness (QED) is 0.202. The van der Waals surface area contributed by atoms with Gasteiger partial charge in [0, 0.05) is 20.0 Å². The van der Waals surface area contributed by atoms with Crippen LogP contribution in [-0.4, -0.2) is 21.1 Å². The third-order valence-electron chi connectivity index (χ3n) is 5.43. The Bertz CT molecular complexity index is 1340. The van der Waals surface area contributed by atoms with Gasteiger partial charge in [-0.15, -0.1) is 0 Å². The molecule has 0 saturated heterocycles. The molecule has 0 fully saturated rings. The summed E-state index contributed by atoms with van der Waals surface area (Å²) in [5.74, 6) is -2.41. The van der Waals surface area contributed by atoms with E-state index in [1.165, 1.54) is 0 Å². The summed E-state index contributed by atoms with van der Waals surface area (Å²) in [5.41, 5.74) is -0.0218. The van der Waals surface area contributed by atoms with Crippen molar-refractivity contribution in [3.63, 3.8) is 0 Å². The van der Waals surface area contributed by atoms with E-state index in [4.69, 9.17) is 9.47 Å². The van der Waals surface area contributed by atoms with Gasteiger partial charge in [0.1, 0.15) is 0 Å². The Kier molecular flexibility index (Phi) is 11.3. The van der Waals surface area contributed by atoms with Crippen molar-refractivity contribution < 1.29 is 23.5 Å². The highest BCUT2D eigenvalue weighted by Crippen LogP contribution is 2.11. The molecule has 0 aliphatic carbocycles. The van der Waals surface area contributed by atoms with Crippen molar-refractivity contribution in [2.75, 3.05) is 0 Å². The lowest BCUT2D eigenvalue weighted by Crippen LogP contribution is -2.42. The first kappa shape index (κ1) is 29.0. The average Bonchev–Trinajstić information content (AvgIpc) is 2.88. The van der Waals surface area contributed by atoms with Crippen LogP contribution in [0.2, 0.25) is 0 Å². The molecular formula is C26H25FI2N2O6. The summed E-state index contributed by atoms with van der Waals surface area (Å²) in [4.78, 5) is 48.8. The maximum absolute atomic E-state index is 14.1. The maximum atomic E-state index is 14.1.